The molecule has 2 rings (SSSR count). The number of nitrogens with one attached hydrogen (secondary N) is 1. The Morgan fingerprint density at radius 3 is 2.39 bits per heavy atom. The predicted octanol–water partition coefficient (Wildman–Crippen LogP) is 1.000. The summed E-state index contributed by atoms with van der Waals surface area (Å²) in [5, 5.41) is 5.92. The molecular formula is C16H21N5O2. The second-order valence-electron chi connectivity index (χ2n) is 5.30. The number of anilines is 2. The van der Waals surface area contributed by atoms with Gasteiger partial charge in [-0.05, 0) is 24.6 Å². The van der Waals surface area contributed by atoms with Gasteiger partial charge in [0.1, 0.15) is 5.82 Å². The number of nitrogens with zero attached hydrogens (tertiary/aromatic N) is 4. The molecule has 0 saturated heterocycles. The lowest BCUT2D eigenvalue weighted by atomic mass is 10.2. The summed E-state index contributed by atoms with van der Waals surface area (Å²) in [5.41, 5.74) is 1.20. The molecule has 23 heavy (non-hydrogen) atoms. The first-order valence-corrected chi connectivity index (χ1v) is 7.31. The van der Waals surface area contributed by atoms with E-state index in [1.165, 1.54) is 13.1 Å². The third-order valence-corrected chi connectivity index (χ3v) is 3.46. The molecule has 0 saturated carbocycles. The number of benzene rings is 1. The van der Waals surface area contributed by atoms with Crippen molar-refractivity contribution in [1.82, 2.24) is 9.55 Å². The summed E-state index contributed by atoms with van der Waals surface area (Å²) < 4.78 is 1.01. The van der Waals surface area contributed by atoms with Crippen molar-refractivity contribution in [3.8, 4) is 0 Å². The van der Waals surface area contributed by atoms with E-state index >= 15 is 0 Å². The highest BCUT2D eigenvalue weighted by atomic mass is 16.2. The molecule has 0 aliphatic carbocycles. The lowest BCUT2D eigenvalue weighted by Crippen LogP contribution is -2.34. The highest BCUT2D eigenvalue weighted by molar-refractivity contribution is 5.81. The van der Waals surface area contributed by atoms with Crippen LogP contribution in [0.3, 0.4) is 0 Å². The first-order valence-electron chi connectivity index (χ1n) is 7.31. The Labute approximate surface area is 134 Å². The molecule has 1 aromatic heterocycles. The largest absolute Gasteiger partial charge is 0.378 e. The number of aromatic amines is 1. The number of rotatable bonds is 5. The van der Waals surface area contributed by atoms with Gasteiger partial charge in [-0.15, -0.1) is 0 Å². The summed E-state index contributed by atoms with van der Waals surface area (Å²) in [6.07, 6.45) is 1.69. The van der Waals surface area contributed by atoms with Crippen molar-refractivity contribution in [2.45, 2.75) is 6.92 Å². The van der Waals surface area contributed by atoms with Gasteiger partial charge in [0.15, 0.2) is 0 Å². The van der Waals surface area contributed by atoms with Crippen LogP contribution in [0, 0.1) is 0 Å². The molecule has 0 radical (unpaired) electrons. The maximum atomic E-state index is 11.7. The van der Waals surface area contributed by atoms with Crippen LogP contribution in [0.2, 0.25) is 0 Å². The van der Waals surface area contributed by atoms with Crippen LogP contribution in [0.1, 0.15) is 12.5 Å². The summed E-state index contributed by atoms with van der Waals surface area (Å²) in [6, 6.07) is 9.27. The van der Waals surface area contributed by atoms with Gasteiger partial charge in [-0.25, -0.2) is 9.80 Å². The Morgan fingerprint density at radius 1 is 1.22 bits per heavy atom. The number of H-pyrrole nitrogens is 1. The third kappa shape index (κ3) is 3.88. The van der Waals surface area contributed by atoms with E-state index < -0.39 is 5.69 Å². The molecule has 7 nitrogen and oxygen atoms in total. The quantitative estimate of drug-likeness (QED) is 0.660. The van der Waals surface area contributed by atoms with Crippen LogP contribution in [-0.2, 0) is 7.05 Å². The van der Waals surface area contributed by atoms with Crippen LogP contribution in [-0.4, -0.2) is 36.4 Å². The predicted molar refractivity (Wildman–Crippen MR) is 93.7 cm³/mol. The summed E-state index contributed by atoms with van der Waals surface area (Å²) in [4.78, 5) is 28.1. The monoisotopic (exact) mass is 315 g/mol. The Morgan fingerprint density at radius 2 is 1.87 bits per heavy atom. The van der Waals surface area contributed by atoms with Gasteiger partial charge in [-0.3, -0.25) is 14.3 Å². The molecule has 0 unspecified atom stereocenters. The number of aromatic nitrogens is 2. The maximum absolute atomic E-state index is 11.7. The second kappa shape index (κ2) is 6.95. The highest BCUT2D eigenvalue weighted by Crippen LogP contribution is 2.11. The molecule has 0 aliphatic heterocycles. The number of hydrazone groups is 1. The molecular weight excluding hydrogens is 294 g/mol. The molecule has 0 atom stereocenters. The van der Waals surface area contributed by atoms with E-state index in [4.69, 9.17) is 0 Å². The van der Waals surface area contributed by atoms with Crippen LogP contribution >= 0.6 is 0 Å². The lowest BCUT2D eigenvalue weighted by molar-refractivity contribution is 0.756. The first kappa shape index (κ1) is 16.5. The van der Waals surface area contributed by atoms with Crippen molar-refractivity contribution >= 4 is 17.7 Å². The standard InChI is InChI=1S/C16H21N5O2/c1-5-21(14-10-15(22)20(4)16(23)18-14)17-11-12-6-8-13(9-7-12)19(2)3/h6-11H,5H2,1-4H3,(H,18,23). The van der Waals surface area contributed by atoms with Gasteiger partial charge in [-0.2, -0.15) is 5.10 Å². The minimum atomic E-state index is -0.462. The van der Waals surface area contributed by atoms with Gasteiger partial charge in [-0.1, -0.05) is 12.1 Å². The number of hydrogen-bond acceptors (Lipinski definition) is 5. The van der Waals surface area contributed by atoms with Crippen molar-refractivity contribution in [1.29, 1.82) is 0 Å². The van der Waals surface area contributed by atoms with E-state index in [2.05, 4.69) is 10.1 Å². The zero-order chi connectivity index (χ0) is 17.0. The van der Waals surface area contributed by atoms with Gasteiger partial charge < -0.3 is 4.90 Å². The minimum Gasteiger partial charge on any atom is -0.378 e. The fourth-order valence-electron chi connectivity index (χ4n) is 1.99. The van der Waals surface area contributed by atoms with E-state index in [-0.39, 0.29) is 5.56 Å². The topological polar surface area (TPSA) is 73.7 Å². The SMILES string of the molecule is CCN(N=Cc1ccc(N(C)C)cc1)c1cc(=O)n(C)c(=O)[nH]1. The van der Waals surface area contributed by atoms with Crippen LogP contribution in [0.5, 0.6) is 0 Å². The van der Waals surface area contributed by atoms with Crippen LogP contribution in [0.4, 0.5) is 11.5 Å². The smallest absolute Gasteiger partial charge is 0.329 e. The zero-order valence-corrected chi connectivity index (χ0v) is 13.8. The molecule has 0 spiro atoms. The fourth-order valence-corrected chi connectivity index (χ4v) is 1.99. The van der Waals surface area contributed by atoms with E-state index in [9.17, 15) is 9.59 Å². The van der Waals surface area contributed by atoms with E-state index in [1.54, 1.807) is 11.2 Å². The third-order valence-electron chi connectivity index (χ3n) is 3.46. The Balaban J connectivity index is 2.25. The van der Waals surface area contributed by atoms with Gasteiger partial charge in [0.05, 0.1) is 6.21 Å². The molecule has 1 N–H and O–H groups in total. The maximum Gasteiger partial charge on any atom is 0.329 e. The molecule has 1 aromatic carbocycles. The highest BCUT2D eigenvalue weighted by Gasteiger charge is 2.06. The lowest BCUT2D eigenvalue weighted by Gasteiger charge is -2.16. The zero-order valence-electron chi connectivity index (χ0n) is 13.8. The Kier molecular flexibility index (Phi) is 5.00. The minimum absolute atomic E-state index is 0.368. The normalized spacial score (nSPS) is 11.0. The molecule has 122 valence electrons. The molecule has 0 bridgehead atoms. The molecule has 1 heterocycles. The molecule has 2 aromatic rings. The molecule has 0 fully saturated rings. The van der Waals surface area contributed by atoms with Crippen LogP contribution in [0.15, 0.2) is 45.0 Å². The average molecular weight is 315 g/mol. The summed E-state index contributed by atoms with van der Waals surface area (Å²) in [7, 11) is 5.39. The number of hydrogen-bond donors (Lipinski definition) is 1. The average Bonchev–Trinajstić information content (AvgIpc) is 2.53. The fraction of sp³-hybridized carbons (Fsp3) is 0.312. The molecule has 0 aliphatic rings. The van der Waals surface area contributed by atoms with Crippen molar-refractivity contribution in [3.05, 3.63) is 56.7 Å². The summed E-state index contributed by atoms with van der Waals surface area (Å²) in [6.45, 7) is 2.41. The van der Waals surface area contributed by atoms with Gasteiger partial charge >= 0.3 is 5.69 Å². The van der Waals surface area contributed by atoms with Crippen molar-refractivity contribution < 1.29 is 0 Å². The van der Waals surface area contributed by atoms with Crippen LogP contribution in [0.25, 0.3) is 0 Å². The van der Waals surface area contributed by atoms with E-state index in [1.807, 2.05) is 50.2 Å². The van der Waals surface area contributed by atoms with E-state index in [0.29, 0.717) is 12.4 Å². The van der Waals surface area contributed by atoms with E-state index in [0.717, 1.165) is 15.8 Å². The first-order chi connectivity index (χ1) is 10.9. The van der Waals surface area contributed by atoms with Crippen molar-refractivity contribution in [2.24, 2.45) is 12.1 Å². The Bertz CT molecular complexity index is 771. The van der Waals surface area contributed by atoms with Crippen molar-refractivity contribution in [3.63, 3.8) is 0 Å². The summed E-state index contributed by atoms with van der Waals surface area (Å²) in [5.74, 6) is 0.377. The van der Waals surface area contributed by atoms with Crippen molar-refractivity contribution in [2.75, 3.05) is 30.5 Å². The Hall–Kier alpha value is -2.83. The van der Waals surface area contributed by atoms with Gasteiger partial charge in [0.25, 0.3) is 5.56 Å². The van der Waals surface area contributed by atoms with Gasteiger partial charge in [0, 0.05) is 39.4 Å². The second-order valence-corrected chi connectivity index (χ2v) is 5.30. The van der Waals surface area contributed by atoms with Crippen LogP contribution < -0.4 is 21.2 Å². The molecule has 7 heteroatoms. The summed E-state index contributed by atoms with van der Waals surface area (Å²) >= 11 is 0. The van der Waals surface area contributed by atoms with Gasteiger partial charge in [0.2, 0.25) is 0 Å². The molecule has 0 amide bonds.